The summed E-state index contributed by atoms with van der Waals surface area (Å²) in [6.45, 7) is 4.84. The summed E-state index contributed by atoms with van der Waals surface area (Å²) in [5.74, 6) is 71.1. The van der Waals surface area contributed by atoms with Crippen LogP contribution in [0.25, 0.3) is 0 Å². The highest BCUT2D eigenvalue weighted by Crippen LogP contribution is 3.07. The topological polar surface area (TPSA) is 21.7 Å². The second kappa shape index (κ2) is 8.99. The number of hydrogen-bond donors (Lipinski definition) is 0. The molecule has 60 unspecified atom stereocenters. The fourth-order valence-electron chi connectivity index (χ4n) is 49.5. The summed E-state index contributed by atoms with van der Waals surface area (Å²) < 4.78 is 13.2. The Hall–Kier alpha value is -1.06. The molecule has 0 spiro atoms. The average molecular weight is 986 g/mol. The van der Waals surface area contributed by atoms with Gasteiger partial charge in [0.25, 0.3) is 0 Å². The first kappa shape index (κ1) is 35.1. The minimum absolute atomic E-state index is 0.528. The maximum Gasteiger partial charge on any atom is 0.119 e. The number of nitrogens with zero attached hydrogens (tertiary/aromatic N) is 1. The summed E-state index contributed by atoms with van der Waals surface area (Å²) in [6, 6.07) is 10.4. The lowest BCUT2D eigenvalue weighted by molar-refractivity contribution is -0.267. The Morgan fingerprint density at radius 3 is 0.987 bits per heavy atom. The van der Waals surface area contributed by atoms with E-state index in [0.29, 0.717) is 11.0 Å². The third kappa shape index (κ3) is 2.27. The van der Waals surface area contributed by atoms with Gasteiger partial charge < -0.3 is 9.47 Å². The van der Waals surface area contributed by atoms with Crippen LogP contribution in [-0.2, 0) is 11.2 Å². The molecule has 60 atom stereocenters. The molecule has 0 N–H and O–H groups in total. The molecule has 0 radical (unpaired) electrons. The van der Waals surface area contributed by atoms with E-state index in [4.69, 9.17) is 9.47 Å². The largest absolute Gasteiger partial charge is 0.497 e. The maximum absolute atomic E-state index is 6.79. The summed E-state index contributed by atoms with van der Waals surface area (Å²) in [4.78, 5) is 3.67. The first-order chi connectivity index (χ1) is 37.3. The first-order valence-corrected chi connectivity index (χ1v) is 35.3. The zero-order valence-electron chi connectivity index (χ0n) is 43.6. The van der Waals surface area contributed by atoms with Gasteiger partial charge in [-0.3, -0.25) is 4.90 Å². The van der Waals surface area contributed by atoms with Crippen molar-refractivity contribution in [1.82, 2.24) is 4.90 Å². The first-order valence-electron chi connectivity index (χ1n) is 35.3. The molecule has 75 heavy (non-hydrogen) atoms. The minimum atomic E-state index is 0.528. The molecule has 1 aliphatic heterocycles. The Balaban J connectivity index is 0.836. The molecule has 1 saturated heterocycles. The van der Waals surface area contributed by atoms with Crippen molar-refractivity contribution in [3.05, 3.63) is 29.8 Å². The molecular weight excluding hydrogens is 911 g/mol. The molecule has 0 bridgehead atoms. The predicted octanol–water partition coefficient (Wildman–Crippen LogP) is 8.46. The molecular formula is C72H75NO2. The Labute approximate surface area is 441 Å². The molecule has 0 amide bonds. The third-order valence-electron chi connectivity index (χ3n) is 43.6. The molecule has 34 rings (SSSR count). The van der Waals surface area contributed by atoms with Gasteiger partial charge in [-0.2, -0.15) is 0 Å². The summed E-state index contributed by atoms with van der Waals surface area (Å²) in [7, 11) is 2.02. The van der Waals surface area contributed by atoms with Crippen molar-refractivity contribution in [3.8, 4) is 5.75 Å². The van der Waals surface area contributed by atoms with E-state index in [1.54, 1.807) is 5.56 Å². The zero-order chi connectivity index (χ0) is 45.0. The highest BCUT2D eigenvalue weighted by atomic mass is 16.5. The maximum atomic E-state index is 6.79. The normalized spacial score (nSPS) is 92.2. The van der Waals surface area contributed by atoms with Crippen LogP contribution in [0.15, 0.2) is 24.3 Å². The molecule has 32 saturated carbocycles. The number of ether oxygens (including phenoxy) is 2. The van der Waals surface area contributed by atoms with Crippen LogP contribution in [-0.4, -0.2) is 43.9 Å². The van der Waals surface area contributed by atoms with Crippen molar-refractivity contribution in [1.29, 1.82) is 0 Å². The predicted molar refractivity (Wildman–Crippen MR) is 267 cm³/mol. The number of hydrogen-bond acceptors (Lipinski definition) is 3. The molecule has 33 aliphatic rings. The van der Waals surface area contributed by atoms with Gasteiger partial charge in [-0.05, 0) is 373 Å². The quantitative estimate of drug-likeness (QED) is 0.303. The lowest BCUT2D eigenvalue weighted by atomic mass is 9.33. The van der Waals surface area contributed by atoms with E-state index >= 15 is 0 Å². The lowest BCUT2D eigenvalue weighted by Gasteiger charge is -2.74. The summed E-state index contributed by atoms with van der Waals surface area (Å²) in [6.07, 6.45) is 1.52. The van der Waals surface area contributed by atoms with Crippen molar-refractivity contribution < 1.29 is 9.47 Å². The van der Waals surface area contributed by atoms with Crippen molar-refractivity contribution in [2.24, 2.45) is 349 Å². The summed E-state index contributed by atoms with van der Waals surface area (Å²) in [5, 5.41) is 0. The SMILES string of the molecule is COc1cccc(CC23C4C5C6C7C8C9C%10C%11C%12C%13C%14C%10C%10C%15C9C9C7C5C5C7C9C%15C9C%15C%10C%14C%10C%14C%13C%13C%12C%12C(C%118)C6C6C%12C8C%13C%11C%14C%12C%10C%15C%10C9C7C(C52)C2(N5CCOCC5)C%10C%12C5C%11C8C(C64)C3C52)c1. The van der Waals surface area contributed by atoms with E-state index < -0.39 is 0 Å². The molecule has 1 aromatic carbocycles. The van der Waals surface area contributed by atoms with Crippen molar-refractivity contribution >= 4 is 0 Å². The van der Waals surface area contributed by atoms with Gasteiger partial charge in [-0.25, -0.2) is 0 Å². The van der Waals surface area contributed by atoms with Crippen LogP contribution in [0.4, 0.5) is 0 Å². The fourth-order valence-corrected chi connectivity index (χ4v) is 49.5. The molecule has 3 heteroatoms. The highest BCUT2D eigenvalue weighted by molar-refractivity contribution is 5.53. The number of morpholine rings is 1. The molecule has 1 aromatic rings. The van der Waals surface area contributed by atoms with Gasteiger partial charge in [-0.1, -0.05) is 12.1 Å². The zero-order valence-corrected chi connectivity index (χ0v) is 43.6. The second-order valence-corrected chi connectivity index (χ2v) is 38.8. The minimum Gasteiger partial charge on any atom is -0.497 e. The van der Waals surface area contributed by atoms with E-state index in [-0.39, 0.29) is 0 Å². The van der Waals surface area contributed by atoms with Crippen LogP contribution in [0.5, 0.6) is 5.75 Å². The molecule has 32 aliphatic carbocycles. The van der Waals surface area contributed by atoms with Crippen LogP contribution < -0.4 is 4.74 Å². The van der Waals surface area contributed by atoms with Crippen LogP contribution >= 0.6 is 0 Å². The Morgan fingerprint density at radius 2 is 0.613 bits per heavy atom. The van der Waals surface area contributed by atoms with E-state index in [9.17, 15) is 0 Å². The van der Waals surface area contributed by atoms with E-state index in [2.05, 4.69) is 29.2 Å². The van der Waals surface area contributed by atoms with Crippen molar-refractivity contribution in [3.63, 3.8) is 0 Å². The van der Waals surface area contributed by atoms with Crippen LogP contribution in [0.3, 0.4) is 0 Å². The average Bonchev–Trinajstić information content (AvgIpc) is 2.37. The number of rotatable bonds is 4. The molecule has 3 nitrogen and oxygen atoms in total. The van der Waals surface area contributed by atoms with Gasteiger partial charge in [0.2, 0.25) is 0 Å². The van der Waals surface area contributed by atoms with Crippen LogP contribution in [0.2, 0.25) is 0 Å². The van der Waals surface area contributed by atoms with E-state index in [0.717, 1.165) is 84.2 Å². The Morgan fingerprint density at radius 1 is 0.347 bits per heavy atom. The number of benzene rings is 1. The molecule has 33 fully saturated rings. The molecule has 380 valence electrons. The van der Waals surface area contributed by atoms with Crippen LogP contribution in [0, 0.1) is 349 Å². The van der Waals surface area contributed by atoms with Gasteiger partial charge in [0.05, 0.1) is 20.3 Å². The fraction of sp³-hybridized carbons (Fsp3) is 0.917. The van der Waals surface area contributed by atoms with Crippen LogP contribution in [0.1, 0.15) is 5.56 Å². The van der Waals surface area contributed by atoms with Gasteiger partial charge in [0.1, 0.15) is 5.75 Å². The standard InChI is InChI=1S/C72H75NO2/c1-74-12-4-2-3-11(9-12)10-71-65-57-48-41-28-21-15-16-18-14-13-17(15)26(28)32-30-19(13)23-20(14)31-33-27(18)29-22(16)25-24(21)35-43-36(25)45-42(29)49-47(33)51-38(31)40-34(23)39-37(30)50(46(32)48)61(65)63-52(39)53(40)64-62(51)66-58(49)55(45)60-56(43)59(54(57)44(35)41)67(71)69(60)72(66,70(64)68(63)71)73-5-7-75-8-6-73/h2-4,9,13-70H,5-8,10H2,1H3. The third-order valence-corrected chi connectivity index (χ3v) is 43.6. The monoisotopic (exact) mass is 986 g/mol. The summed E-state index contributed by atoms with van der Waals surface area (Å²) in [5.41, 5.74) is 2.90. The van der Waals surface area contributed by atoms with E-state index in [1.807, 2.05) is 7.11 Å². The van der Waals surface area contributed by atoms with Gasteiger partial charge in [0.15, 0.2) is 0 Å². The Kier molecular flexibility index (Phi) is 4.20. The Bertz CT molecular complexity index is 3260. The highest BCUT2D eigenvalue weighted by Gasteiger charge is 3.05. The van der Waals surface area contributed by atoms with Crippen molar-refractivity contribution in [2.45, 2.75) is 12.0 Å². The molecule has 0 aromatic heterocycles. The number of methoxy groups -OCH3 is 1. The second-order valence-electron chi connectivity index (χ2n) is 38.8. The van der Waals surface area contributed by atoms with Gasteiger partial charge >= 0.3 is 0 Å². The van der Waals surface area contributed by atoms with E-state index in [1.165, 1.54) is 297 Å². The smallest absolute Gasteiger partial charge is 0.119 e. The lowest BCUT2D eigenvalue weighted by Crippen LogP contribution is -2.78. The van der Waals surface area contributed by atoms with Gasteiger partial charge in [-0.15, -0.1) is 0 Å². The van der Waals surface area contributed by atoms with Gasteiger partial charge in [0, 0.05) is 18.6 Å². The van der Waals surface area contributed by atoms with Crippen molar-refractivity contribution in [2.75, 3.05) is 33.4 Å². The summed E-state index contributed by atoms with van der Waals surface area (Å²) >= 11 is 0. The molecule has 1 heterocycles.